The van der Waals surface area contributed by atoms with E-state index in [4.69, 9.17) is 23.7 Å². The second kappa shape index (κ2) is 15.7. The van der Waals surface area contributed by atoms with Crippen LogP contribution in [0.25, 0.3) is 11.0 Å². The fourth-order valence-electron chi connectivity index (χ4n) is 10.7. The second-order valence-corrected chi connectivity index (χ2v) is 17.2. The SMILES string of the molecule is CCN(CC)c1ccc2cc(C(=O)N3CCN(C(=O)CN4CCN(CCC[C@H]5O[C@@H]6OC7(C)CCC8[C@H](C)CC[C@@H]([C@H]5C)C86OO7)CC4)CC3)c(=O)oc2c1. The summed E-state index contributed by atoms with van der Waals surface area (Å²) in [6.45, 7) is 19.2. The van der Waals surface area contributed by atoms with Crippen LogP contribution in [0, 0.1) is 23.7 Å². The largest absolute Gasteiger partial charge is 0.422 e. The normalized spacial score (nSPS) is 34.1. The van der Waals surface area contributed by atoms with Gasteiger partial charge in [-0.25, -0.2) is 14.6 Å². The first-order valence-corrected chi connectivity index (χ1v) is 21.1. The number of piperazine rings is 2. The molecule has 0 N–H and O–H groups in total. The van der Waals surface area contributed by atoms with E-state index < -0.39 is 17.0 Å². The van der Waals surface area contributed by atoms with E-state index in [-0.39, 0.29) is 29.8 Å². The van der Waals surface area contributed by atoms with Crippen molar-refractivity contribution in [3.8, 4) is 0 Å². The van der Waals surface area contributed by atoms with Crippen molar-refractivity contribution in [3.05, 3.63) is 40.2 Å². The molecule has 8 atom stereocenters. The molecule has 55 heavy (non-hydrogen) atoms. The molecule has 7 aliphatic rings. The van der Waals surface area contributed by atoms with Gasteiger partial charge in [0, 0.05) is 94.9 Å². The highest BCUT2D eigenvalue weighted by atomic mass is 17.3. The maximum absolute atomic E-state index is 13.4. The van der Waals surface area contributed by atoms with E-state index in [2.05, 4.69) is 42.4 Å². The van der Waals surface area contributed by atoms with Crippen LogP contribution < -0.4 is 10.5 Å². The summed E-state index contributed by atoms with van der Waals surface area (Å²) >= 11 is 0. The zero-order valence-corrected chi connectivity index (χ0v) is 33.5. The Morgan fingerprint density at radius 2 is 1.60 bits per heavy atom. The Morgan fingerprint density at radius 3 is 2.35 bits per heavy atom. The lowest BCUT2D eigenvalue weighted by Crippen LogP contribution is -2.70. The number of carbonyl (C=O) groups is 2. The van der Waals surface area contributed by atoms with Crippen LogP contribution in [0.2, 0.25) is 0 Å². The molecule has 13 nitrogen and oxygen atoms in total. The zero-order chi connectivity index (χ0) is 38.5. The fraction of sp³-hybridized carbons (Fsp3) is 0.738. The van der Waals surface area contributed by atoms with Gasteiger partial charge in [-0.2, -0.15) is 0 Å². The minimum Gasteiger partial charge on any atom is -0.422 e. The first-order valence-electron chi connectivity index (χ1n) is 21.1. The Balaban J connectivity index is 0.773. The quantitative estimate of drug-likeness (QED) is 0.250. The highest BCUT2D eigenvalue weighted by Gasteiger charge is 2.69. The summed E-state index contributed by atoms with van der Waals surface area (Å²) in [7, 11) is 0. The molecule has 2 bridgehead atoms. The van der Waals surface area contributed by atoms with Crippen LogP contribution >= 0.6 is 0 Å². The van der Waals surface area contributed by atoms with Crippen molar-refractivity contribution < 1.29 is 33.3 Å². The molecule has 302 valence electrons. The minimum atomic E-state index is -0.744. The topological polar surface area (TPSA) is 117 Å². The number of benzene rings is 1. The molecule has 3 unspecified atom stereocenters. The molecular formula is C42H61N5O8. The van der Waals surface area contributed by atoms with Crippen LogP contribution in [0.5, 0.6) is 0 Å². The van der Waals surface area contributed by atoms with Crippen LogP contribution in [0.4, 0.5) is 5.69 Å². The van der Waals surface area contributed by atoms with E-state index in [0.717, 1.165) is 83.6 Å². The van der Waals surface area contributed by atoms with Gasteiger partial charge in [-0.3, -0.25) is 14.5 Å². The van der Waals surface area contributed by atoms with Crippen LogP contribution in [-0.2, 0) is 24.0 Å². The molecule has 7 fully saturated rings. The van der Waals surface area contributed by atoms with Crippen molar-refractivity contribution in [2.24, 2.45) is 23.7 Å². The van der Waals surface area contributed by atoms with Gasteiger partial charge in [-0.15, -0.1) is 0 Å². The van der Waals surface area contributed by atoms with Gasteiger partial charge in [0.1, 0.15) is 11.1 Å². The number of ether oxygens (including phenoxy) is 2. The Kier molecular flexibility index (Phi) is 11.1. The van der Waals surface area contributed by atoms with E-state index >= 15 is 0 Å². The average molecular weight is 764 g/mol. The maximum atomic E-state index is 13.4. The van der Waals surface area contributed by atoms with Gasteiger partial charge in [0.2, 0.25) is 11.7 Å². The van der Waals surface area contributed by atoms with Gasteiger partial charge in [0.15, 0.2) is 11.9 Å². The lowest BCUT2D eigenvalue weighted by Gasteiger charge is -2.60. The van der Waals surface area contributed by atoms with Gasteiger partial charge in [0.05, 0.1) is 12.6 Å². The number of anilines is 1. The summed E-state index contributed by atoms with van der Waals surface area (Å²) in [6.07, 6.45) is 6.01. The Hall–Kier alpha value is -3.07. The molecular weight excluding hydrogens is 702 g/mol. The number of hydrogen-bond donors (Lipinski definition) is 0. The lowest BCUT2D eigenvalue weighted by molar-refractivity contribution is -0.571. The first kappa shape index (κ1) is 38.8. The van der Waals surface area contributed by atoms with Crippen LogP contribution in [0.15, 0.2) is 33.5 Å². The Morgan fingerprint density at radius 1 is 0.873 bits per heavy atom. The minimum absolute atomic E-state index is 0.0338. The van der Waals surface area contributed by atoms with Crippen molar-refractivity contribution >= 4 is 28.5 Å². The van der Waals surface area contributed by atoms with Crippen molar-refractivity contribution in [3.63, 3.8) is 0 Å². The van der Waals surface area contributed by atoms with Crippen molar-refractivity contribution in [2.75, 3.05) is 83.4 Å². The second-order valence-electron chi connectivity index (χ2n) is 17.2. The number of rotatable bonds is 10. The highest BCUT2D eigenvalue weighted by Crippen LogP contribution is 2.60. The summed E-state index contributed by atoms with van der Waals surface area (Å²) in [5.41, 5.74) is 0.347. The molecule has 1 spiro atoms. The van der Waals surface area contributed by atoms with Crippen molar-refractivity contribution in [1.82, 2.24) is 19.6 Å². The molecule has 1 aliphatic carbocycles. The summed E-state index contributed by atoms with van der Waals surface area (Å²) < 4.78 is 19.0. The van der Waals surface area contributed by atoms with Crippen LogP contribution in [0.3, 0.4) is 0 Å². The molecule has 2 amide bonds. The molecule has 6 aliphatic heterocycles. The molecule has 0 radical (unpaired) electrons. The van der Waals surface area contributed by atoms with Gasteiger partial charge >= 0.3 is 5.63 Å². The predicted octanol–water partition coefficient (Wildman–Crippen LogP) is 4.57. The number of carbonyl (C=O) groups excluding carboxylic acids is 2. The van der Waals surface area contributed by atoms with Gasteiger partial charge in [-0.05, 0) is 95.4 Å². The van der Waals surface area contributed by atoms with E-state index in [1.165, 1.54) is 6.42 Å². The van der Waals surface area contributed by atoms with E-state index in [9.17, 15) is 14.4 Å². The maximum Gasteiger partial charge on any atom is 0.349 e. The summed E-state index contributed by atoms with van der Waals surface area (Å²) in [5, 5.41) is 0.715. The summed E-state index contributed by atoms with van der Waals surface area (Å²) in [5.74, 6) is 0.684. The van der Waals surface area contributed by atoms with Crippen LogP contribution in [0.1, 0.15) is 83.5 Å². The Labute approximate surface area is 325 Å². The first-order chi connectivity index (χ1) is 26.5. The van der Waals surface area contributed by atoms with E-state index in [1.807, 2.05) is 30.0 Å². The van der Waals surface area contributed by atoms with Gasteiger partial charge in [-0.1, -0.05) is 13.8 Å². The number of hydrogen-bond acceptors (Lipinski definition) is 11. The Bertz CT molecular complexity index is 1770. The molecule has 1 saturated carbocycles. The van der Waals surface area contributed by atoms with E-state index in [0.29, 0.717) is 67.4 Å². The molecule has 6 saturated heterocycles. The number of amides is 2. The third-order valence-electron chi connectivity index (χ3n) is 14.1. The third kappa shape index (κ3) is 7.34. The van der Waals surface area contributed by atoms with Crippen molar-refractivity contribution in [1.29, 1.82) is 0 Å². The molecule has 9 rings (SSSR count). The standard InChI is InChI=1S/C42H61N5O8/c1-6-45(7-2)31-12-11-30-25-32(39(50)51-36(30)26-31)38(49)47-23-21-46(22-24-47)37(48)27-44-19-17-43(18-20-44)16-8-9-35-29(4)34-13-10-28(3)33-14-15-41(5)53-40(52-35)42(33,34)55-54-41/h11-12,25-26,28-29,33-35,40H,6-10,13-24,27H2,1-5H3/t28-,29-,33?,34+,35-,40-,41?,42?/m1/s1. The smallest absolute Gasteiger partial charge is 0.349 e. The predicted molar refractivity (Wildman–Crippen MR) is 207 cm³/mol. The lowest BCUT2D eigenvalue weighted by atomic mass is 9.57. The number of fused-ring (bicyclic) bond motifs is 3. The molecule has 1 aromatic carbocycles. The molecule has 1 aromatic heterocycles. The summed E-state index contributed by atoms with van der Waals surface area (Å²) in [4.78, 5) is 62.4. The van der Waals surface area contributed by atoms with Gasteiger partial charge in [0.25, 0.3) is 5.91 Å². The monoisotopic (exact) mass is 763 g/mol. The highest BCUT2D eigenvalue weighted by molar-refractivity contribution is 5.97. The molecule has 7 heterocycles. The van der Waals surface area contributed by atoms with Gasteiger partial charge < -0.3 is 33.5 Å². The number of nitrogens with zero attached hydrogens (tertiary/aromatic N) is 5. The summed E-state index contributed by atoms with van der Waals surface area (Å²) in [6, 6.07) is 7.38. The van der Waals surface area contributed by atoms with E-state index in [1.54, 1.807) is 11.0 Å². The van der Waals surface area contributed by atoms with Crippen LogP contribution in [-0.4, -0.2) is 134 Å². The fourth-order valence-corrected chi connectivity index (χ4v) is 10.7. The molecule has 13 heteroatoms. The van der Waals surface area contributed by atoms with Crippen molar-refractivity contribution in [2.45, 2.75) is 96.9 Å². The third-order valence-corrected chi connectivity index (χ3v) is 14.1. The average Bonchev–Trinajstić information content (AvgIpc) is 3.42. The molecule has 2 aromatic rings. The zero-order valence-electron chi connectivity index (χ0n) is 33.5.